The topological polar surface area (TPSA) is 60.9 Å². The fraction of sp³-hybridized carbons (Fsp3) is 0.692. The molecule has 18 heavy (non-hydrogen) atoms. The molecule has 0 unspecified atom stereocenters. The van der Waals surface area contributed by atoms with Crippen molar-refractivity contribution in [2.45, 2.75) is 33.1 Å². The van der Waals surface area contributed by atoms with Crippen molar-refractivity contribution < 1.29 is 14.7 Å². The van der Waals surface area contributed by atoms with Gasteiger partial charge in [-0.3, -0.25) is 14.5 Å². The third-order valence-electron chi connectivity index (χ3n) is 3.15. The van der Waals surface area contributed by atoms with Gasteiger partial charge in [0.25, 0.3) is 0 Å². The van der Waals surface area contributed by atoms with Crippen LogP contribution in [0.15, 0.2) is 11.8 Å². The van der Waals surface area contributed by atoms with Gasteiger partial charge in [-0.25, -0.2) is 0 Å². The summed E-state index contributed by atoms with van der Waals surface area (Å²) >= 11 is 0. The van der Waals surface area contributed by atoms with Gasteiger partial charge in [0.15, 0.2) is 0 Å². The van der Waals surface area contributed by atoms with Crippen LogP contribution in [0.2, 0.25) is 0 Å². The van der Waals surface area contributed by atoms with Gasteiger partial charge >= 0.3 is 5.97 Å². The van der Waals surface area contributed by atoms with Crippen LogP contribution in [-0.2, 0) is 9.59 Å². The number of carboxylic acid groups (broad SMARTS) is 1. The number of amides is 1. The molecule has 0 aromatic rings. The van der Waals surface area contributed by atoms with E-state index in [0.717, 1.165) is 25.0 Å². The zero-order valence-corrected chi connectivity index (χ0v) is 11.2. The van der Waals surface area contributed by atoms with Crippen molar-refractivity contribution in [3.63, 3.8) is 0 Å². The van der Waals surface area contributed by atoms with Crippen LogP contribution in [0, 0.1) is 0 Å². The standard InChI is InChI=1S/C13H22N2O3/c1-3-14(10-13(17)18)9-12(16)15(4-2)11-7-5-6-8-11/h7H,3-6,8-10H2,1-2H3,(H,17,18). The van der Waals surface area contributed by atoms with Crippen molar-refractivity contribution in [2.75, 3.05) is 26.2 Å². The van der Waals surface area contributed by atoms with E-state index in [1.54, 1.807) is 9.80 Å². The molecule has 0 heterocycles. The van der Waals surface area contributed by atoms with Crippen LogP contribution >= 0.6 is 0 Å². The van der Waals surface area contributed by atoms with E-state index in [1.165, 1.54) is 0 Å². The first-order valence-electron chi connectivity index (χ1n) is 6.52. The summed E-state index contributed by atoms with van der Waals surface area (Å²) in [6.07, 6.45) is 5.19. The van der Waals surface area contributed by atoms with E-state index in [4.69, 9.17) is 5.11 Å². The van der Waals surface area contributed by atoms with E-state index in [-0.39, 0.29) is 19.0 Å². The van der Waals surface area contributed by atoms with Crippen molar-refractivity contribution >= 4 is 11.9 Å². The molecule has 0 saturated carbocycles. The van der Waals surface area contributed by atoms with Gasteiger partial charge in [-0.1, -0.05) is 13.0 Å². The number of hydrogen-bond acceptors (Lipinski definition) is 3. The molecule has 0 aromatic carbocycles. The Balaban J connectivity index is 2.58. The van der Waals surface area contributed by atoms with Gasteiger partial charge < -0.3 is 10.0 Å². The van der Waals surface area contributed by atoms with Crippen molar-refractivity contribution in [1.29, 1.82) is 0 Å². The van der Waals surface area contributed by atoms with Crippen molar-refractivity contribution in [2.24, 2.45) is 0 Å². The SMILES string of the molecule is CCN(CC(=O)O)CC(=O)N(CC)C1=CCCC1. The zero-order valence-electron chi connectivity index (χ0n) is 11.2. The number of nitrogens with zero attached hydrogens (tertiary/aromatic N) is 2. The fourth-order valence-electron chi connectivity index (χ4n) is 2.19. The third kappa shape index (κ3) is 4.14. The van der Waals surface area contributed by atoms with Gasteiger partial charge in [0.1, 0.15) is 0 Å². The van der Waals surface area contributed by atoms with Gasteiger partial charge in [0, 0.05) is 12.2 Å². The number of carbonyl (C=O) groups excluding carboxylic acids is 1. The lowest BCUT2D eigenvalue weighted by atomic mass is 10.3. The molecule has 0 aromatic heterocycles. The predicted molar refractivity (Wildman–Crippen MR) is 69.1 cm³/mol. The molecule has 1 aliphatic carbocycles. The number of rotatable bonds is 7. The van der Waals surface area contributed by atoms with Gasteiger partial charge in [-0.05, 0) is 32.7 Å². The number of likely N-dealkylation sites (N-methyl/N-ethyl adjacent to an activating group) is 2. The van der Waals surface area contributed by atoms with Crippen LogP contribution in [0.1, 0.15) is 33.1 Å². The zero-order chi connectivity index (χ0) is 13.5. The lowest BCUT2D eigenvalue weighted by molar-refractivity contribution is -0.139. The van der Waals surface area contributed by atoms with E-state index >= 15 is 0 Å². The van der Waals surface area contributed by atoms with E-state index < -0.39 is 5.97 Å². The summed E-state index contributed by atoms with van der Waals surface area (Å²) in [4.78, 5) is 26.2. The summed E-state index contributed by atoms with van der Waals surface area (Å²) in [5.41, 5.74) is 1.09. The first-order valence-corrected chi connectivity index (χ1v) is 6.52. The molecule has 5 nitrogen and oxygen atoms in total. The Hall–Kier alpha value is -1.36. The van der Waals surface area contributed by atoms with E-state index in [0.29, 0.717) is 13.1 Å². The maximum Gasteiger partial charge on any atom is 0.317 e. The Bertz CT molecular complexity index is 339. The van der Waals surface area contributed by atoms with Crippen LogP contribution in [0.5, 0.6) is 0 Å². The molecule has 5 heteroatoms. The number of allylic oxidation sites excluding steroid dienone is 2. The summed E-state index contributed by atoms with van der Waals surface area (Å²) in [7, 11) is 0. The fourth-order valence-corrected chi connectivity index (χ4v) is 2.19. The lowest BCUT2D eigenvalue weighted by Gasteiger charge is -2.26. The number of carbonyl (C=O) groups is 2. The minimum atomic E-state index is -0.896. The van der Waals surface area contributed by atoms with Gasteiger partial charge in [0.2, 0.25) is 5.91 Å². The summed E-state index contributed by atoms with van der Waals surface area (Å²) in [6, 6.07) is 0. The maximum atomic E-state index is 12.2. The van der Waals surface area contributed by atoms with E-state index in [9.17, 15) is 9.59 Å². The molecule has 1 aliphatic rings. The van der Waals surface area contributed by atoms with Crippen LogP contribution < -0.4 is 0 Å². The molecule has 0 spiro atoms. The Kier molecular flexibility index (Phi) is 5.85. The molecule has 1 rings (SSSR count). The van der Waals surface area contributed by atoms with Crippen LogP contribution in [-0.4, -0.2) is 53.0 Å². The minimum absolute atomic E-state index is 0.00579. The minimum Gasteiger partial charge on any atom is -0.480 e. The lowest BCUT2D eigenvalue weighted by Crippen LogP contribution is -2.41. The number of aliphatic carboxylic acids is 1. The average Bonchev–Trinajstić information content (AvgIpc) is 2.82. The molecular weight excluding hydrogens is 232 g/mol. The van der Waals surface area contributed by atoms with Crippen LogP contribution in [0.25, 0.3) is 0 Å². The molecule has 1 N–H and O–H groups in total. The van der Waals surface area contributed by atoms with Crippen LogP contribution in [0.3, 0.4) is 0 Å². The molecule has 0 atom stereocenters. The predicted octanol–water partition coefficient (Wildman–Crippen LogP) is 1.31. The summed E-state index contributed by atoms with van der Waals surface area (Å²) in [5.74, 6) is -0.901. The third-order valence-corrected chi connectivity index (χ3v) is 3.15. The second-order valence-electron chi connectivity index (χ2n) is 4.42. The Morgan fingerprint density at radius 3 is 2.44 bits per heavy atom. The first-order chi connectivity index (χ1) is 8.58. The summed E-state index contributed by atoms with van der Waals surface area (Å²) in [5, 5.41) is 8.76. The monoisotopic (exact) mass is 254 g/mol. The quantitative estimate of drug-likeness (QED) is 0.744. The molecule has 1 amide bonds. The maximum absolute atomic E-state index is 12.2. The van der Waals surface area contributed by atoms with E-state index in [1.807, 2.05) is 13.8 Å². The van der Waals surface area contributed by atoms with Crippen molar-refractivity contribution in [3.05, 3.63) is 11.8 Å². The Morgan fingerprint density at radius 2 is 2.00 bits per heavy atom. The molecule has 0 aliphatic heterocycles. The highest BCUT2D eigenvalue weighted by Crippen LogP contribution is 2.21. The van der Waals surface area contributed by atoms with Gasteiger partial charge in [-0.2, -0.15) is 0 Å². The molecule has 0 bridgehead atoms. The molecule has 0 saturated heterocycles. The normalized spacial score (nSPS) is 14.7. The highest BCUT2D eigenvalue weighted by Gasteiger charge is 2.21. The van der Waals surface area contributed by atoms with E-state index in [2.05, 4.69) is 6.08 Å². The number of hydrogen-bond donors (Lipinski definition) is 1. The second kappa shape index (κ2) is 7.16. The smallest absolute Gasteiger partial charge is 0.317 e. The molecule has 0 radical (unpaired) electrons. The molecular formula is C13H22N2O3. The first kappa shape index (κ1) is 14.7. The summed E-state index contributed by atoms with van der Waals surface area (Å²) in [6.45, 7) is 5.11. The molecule has 0 fully saturated rings. The largest absolute Gasteiger partial charge is 0.480 e. The second-order valence-corrected chi connectivity index (χ2v) is 4.42. The summed E-state index contributed by atoms with van der Waals surface area (Å²) < 4.78 is 0. The van der Waals surface area contributed by atoms with Crippen molar-refractivity contribution in [1.82, 2.24) is 9.80 Å². The Labute approximate surface area is 108 Å². The van der Waals surface area contributed by atoms with Gasteiger partial charge in [-0.15, -0.1) is 0 Å². The van der Waals surface area contributed by atoms with Crippen molar-refractivity contribution in [3.8, 4) is 0 Å². The Morgan fingerprint density at radius 1 is 1.28 bits per heavy atom. The van der Waals surface area contributed by atoms with Crippen LogP contribution in [0.4, 0.5) is 0 Å². The molecule has 102 valence electrons. The average molecular weight is 254 g/mol. The highest BCUT2D eigenvalue weighted by atomic mass is 16.4. The number of carboxylic acids is 1. The van der Waals surface area contributed by atoms with Gasteiger partial charge in [0.05, 0.1) is 13.1 Å². The highest BCUT2D eigenvalue weighted by molar-refractivity contribution is 5.80.